The highest BCUT2D eigenvalue weighted by Gasteiger charge is 2.07. The largest absolute Gasteiger partial charge is 0.302 e. The Morgan fingerprint density at radius 2 is 1.73 bits per heavy atom. The van der Waals surface area contributed by atoms with E-state index in [0.717, 1.165) is 22.0 Å². The SMILES string of the molecule is Cn1cnc2ccc(-c3ccnc4ccccc34)cc2c1=O. The molecule has 4 heteroatoms. The maximum absolute atomic E-state index is 12.3. The summed E-state index contributed by atoms with van der Waals surface area (Å²) in [6.45, 7) is 0. The second-order valence-electron chi connectivity index (χ2n) is 5.27. The van der Waals surface area contributed by atoms with Crippen LogP contribution in [0.5, 0.6) is 0 Å². The molecule has 0 fully saturated rings. The normalized spacial score (nSPS) is 11.1. The quantitative estimate of drug-likeness (QED) is 0.540. The molecule has 22 heavy (non-hydrogen) atoms. The number of hydrogen-bond acceptors (Lipinski definition) is 3. The summed E-state index contributed by atoms with van der Waals surface area (Å²) in [6, 6.07) is 15.8. The molecule has 0 N–H and O–H groups in total. The Kier molecular flexibility index (Phi) is 2.76. The van der Waals surface area contributed by atoms with Gasteiger partial charge < -0.3 is 4.57 Å². The van der Waals surface area contributed by atoms with E-state index in [1.54, 1.807) is 19.6 Å². The lowest BCUT2D eigenvalue weighted by atomic mass is 10.00. The van der Waals surface area contributed by atoms with Crippen LogP contribution in [0.1, 0.15) is 0 Å². The third kappa shape index (κ3) is 1.89. The van der Waals surface area contributed by atoms with Crippen LogP contribution in [0.3, 0.4) is 0 Å². The predicted octanol–water partition coefficient (Wildman–Crippen LogP) is 3.15. The number of benzene rings is 2. The molecule has 0 spiro atoms. The minimum atomic E-state index is -0.0368. The summed E-state index contributed by atoms with van der Waals surface area (Å²) in [7, 11) is 1.71. The minimum Gasteiger partial charge on any atom is -0.302 e. The van der Waals surface area contributed by atoms with Crippen molar-refractivity contribution in [3.63, 3.8) is 0 Å². The van der Waals surface area contributed by atoms with Gasteiger partial charge in [0.25, 0.3) is 5.56 Å². The number of nitrogens with zero attached hydrogens (tertiary/aromatic N) is 3. The highest BCUT2D eigenvalue weighted by Crippen LogP contribution is 2.28. The molecule has 0 aliphatic carbocycles. The van der Waals surface area contributed by atoms with Crippen LogP contribution < -0.4 is 5.56 Å². The number of rotatable bonds is 1. The van der Waals surface area contributed by atoms with Crippen molar-refractivity contribution in [2.75, 3.05) is 0 Å². The molecule has 0 atom stereocenters. The predicted molar refractivity (Wildman–Crippen MR) is 87.7 cm³/mol. The summed E-state index contributed by atoms with van der Waals surface area (Å²) in [5.41, 5.74) is 3.68. The van der Waals surface area contributed by atoms with Crippen molar-refractivity contribution in [1.29, 1.82) is 0 Å². The molecule has 0 bridgehead atoms. The van der Waals surface area contributed by atoms with Gasteiger partial charge in [-0.1, -0.05) is 24.3 Å². The van der Waals surface area contributed by atoms with Gasteiger partial charge >= 0.3 is 0 Å². The molecule has 0 aliphatic heterocycles. The molecule has 4 aromatic rings. The molecule has 2 aromatic heterocycles. The Balaban J connectivity index is 2.05. The molecule has 0 saturated heterocycles. The van der Waals surface area contributed by atoms with Crippen LogP contribution in [0.4, 0.5) is 0 Å². The molecule has 106 valence electrons. The Hall–Kier alpha value is -3.01. The maximum Gasteiger partial charge on any atom is 0.260 e. The third-order valence-corrected chi connectivity index (χ3v) is 3.88. The lowest BCUT2D eigenvalue weighted by Crippen LogP contribution is -2.16. The summed E-state index contributed by atoms with van der Waals surface area (Å²) in [6.07, 6.45) is 3.34. The van der Waals surface area contributed by atoms with Gasteiger partial charge in [-0.25, -0.2) is 4.98 Å². The highest BCUT2D eigenvalue weighted by molar-refractivity contribution is 5.96. The van der Waals surface area contributed by atoms with Crippen LogP contribution >= 0.6 is 0 Å². The van der Waals surface area contributed by atoms with Crippen LogP contribution in [0.15, 0.2) is 65.8 Å². The second kappa shape index (κ2) is 4.77. The van der Waals surface area contributed by atoms with Crippen molar-refractivity contribution >= 4 is 21.8 Å². The number of fused-ring (bicyclic) bond motifs is 2. The summed E-state index contributed by atoms with van der Waals surface area (Å²) in [5.74, 6) is 0. The first kappa shape index (κ1) is 12.7. The minimum absolute atomic E-state index is 0.0368. The Labute approximate surface area is 126 Å². The van der Waals surface area contributed by atoms with Gasteiger partial charge in [-0.2, -0.15) is 0 Å². The Morgan fingerprint density at radius 3 is 2.64 bits per heavy atom. The van der Waals surface area contributed by atoms with Gasteiger partial charge in [0.1, 0.15) is 0 Å². The Bertz CT molecular complexity index is 1060. The molecule has 4 rings (SSSR count). The fourth-order valence-corrected chi connectivity index (χ4v) is 2.73. The summed E-state index contributed by atoms with van der Waals surface area (Å²) in [4.78, 5) is 21.0. The average Bonchev–Trinajstić information content (AvgIpc) is 2.57. The van der Waals surface area contributed by atoms with Gasteiger partial charge in [-0.3, -0.25) is 9.78 Å². The van der Waals surface area contributed by atoms with E-state index in [-0.39, 0.29) is 5.56 Å². The second-order valence-corrected chi connectivity index (χ2v) is 5.27. The first-order valence-electron chi connectivity index (χ1n) is 7.03. The van der Waals surface area contributed by atoms with Crippen molar-refractivity contribution in [3.05, 3.63) is 71.4 Å². The Morgan fingerprint density at radius 1 is 0.909 bits per heavy atom. The summed E-state index contributed by atoms with van der Waals surface area (Å²) >= 11 is 0. The molecule has 0 aliphatic rings. The first-order valence-corrected chi connectivity index (χ1v) is 7.03. The molecule has 2 aromatic carbocycles. The zero-order valence-electron chi connectivity index (χ0n) is 12.0. The molecule has 0 saturated carbocycles. The van der Waals surface area contributed by atoms with E-state index in [2.05, 4.69) is 9.97 Å². The van der Waals surface area contributed by atoms with E-state index in [0.29, 0.717) is 10.9 Å². The van der Waals surface area contributed by atoms with Gasteiger partial charge in [0.15, 0.2) is 0 Å². The zero-order valence-corrected chi connectivity index (χ0v) is 12.0. The standard InChI is InChI=1S/C18H13N3O/c1-21-11-20-17-7-6-12(10-15(17)18(21)22)13-8-9-19-16-5-3-2-4-14(13)16/h2-11H,1H3. The fourth-order valence-electron chi connectivity index (χ4n) is 2.73. The summed E-state index contributed by atoms with van der Waals surface area (Å²) in [5, 5.41) is 1.70. The molecule has 0 amide bonds. The number of aryl methyl sites for hydroxylation is 1. The highest BCUT2D eigenvalue weighted by atomic mass is 16.1. The summed E-state index contributed by atoms with van der Waals surface area (Å²) < 4.78 is 1.50. The van der Waals surface area contributed by atoms with Crippen LogP contribution in [0.25, 0.3) is 32.9 Å². The van der Waals surface area contributed by atoms with E-state index in [1.807, 2.05) is 48.5 Å². The van der Waals surface area contributed by atoms with Crippen LogP contribution in [0.2, 0.25) is 0 Å². The van der Waals surface area contributed by atoms with Gasteiger partial charge in [-0.15, -0.1) is 0 Å². The van der Waals surface area contributed by atoms with E-state index in [4.69, 9.17) is 0 Å². The van der Waals surface area contributed by atoms with Gasteiger partial charge in [0.05, 0.1) is 22.7 Å². The van der Waals surface area contributed by atoms with Crippen LogP contribution in [-0.4, -0.2) is 14.5 Å². The number of aromatic nitrogens is 3. The lowest BCUT2D eigenvalue weighted by molar-refractivity contribution is 0.843. The average molecular weight is 287 g/mol. The van der Waals surface area contributed by atoms with Crippen LogP contribution in [0, 0.1) is 0 Å². The van der Waals surface area contributed by atoms with Crippen molar-refractivity contribution in [2.45, 2.75) is 0 Å². The zero-order chi connectivity index (χ0) is 15.1. The smallest absolute Gasteiger partial charge is 0.260 e. The van der Waals surface area contributed by atoms with Gasteiger partial charge in [0.2, 0.25) is 0 Å². The lowest BCUT2D eigenvalue weighted by Gasteiger charge is -2.07. The molecule has 4 nitrogen and oxygen atoms in total. The van der Waals surface area contributed by atoms with E-state index in [9.17, 15) is 4.79 Å². The van der Waals surface area contributed by atoms with Gasteiger partial charge in [-0.05, 0) is 35.4 Å². The number of para-hydroxylation sites is 1. The monoisotopic (exact) mass is 287 g/mol. The first-order chi connectivity index (χ1) is 10.7. The number of hydrogen-bond donors (Lipinski definition) is 0. The van der Waals surface area contributed by atoms with Crippen molar-refractivity contribution in [2.24, 2.45) is 7.05 Å². The maximum atomic E-state index is 12.3. The molecule has 0 unspecified atom stereocenters. The van der Waals surface area contributed by atoms with Crippen molar-refractivity contribution < 1.29 is 0 Å². The van der Waals surface area contributed by atoms with E-state index in [1.165, 1.54) is 4.57 Å². The van der Waals surface area contributed by atoms with Crippen molar-refractivity contribution in [1.82, 2.24) is 14.5 Å². The fraction of sp³-hybridized carbons (Fsp3) is 0.0556. The molecular weight excluding hydrogens is 274 g/mol. The topological polar surface area (TPSA) is 47.8 Å². The third-order valence-electron chi connectivity index (χ3n) is 3.88. The molecular formula is C18H13N3O. The van der Waals surface area contributed by atoms with Crippen molar-refractivity contribution in [3.8, 4) is 11.1 Å². The van der Waals surface area contributed by atoms with E-state index >= 15 is 0 Å². The number of pyridine rings is 1. The molecule has 0 radical (unpaired) electrons. The van der Waals surface area contributed by atoms with Crippen LogP contribution in [-0.2, 0) is 7.05 Å². The van der Waals surface area contributed by atoms with E-state index < -0.39 is 0 Å². The van der Waals surface area contributed by atoms with Gasteiger partial charge in [0, 0.05) is 18.6 Å². The molecule has 2 heterocycles.